The minimum Gasteiger partial charge on any atom is -0.381 e. The molecular formula is C13H24N2O2S. The second-order valence-corrected chi connectivity index (χ2v) is 6.79. The summed E-state index contributed by atoms with van der Waals surface area (Å²) in [5, 5.41) is 3.14. The van der Waals surface area contributed by atoms with Crippen LogP contribution in [0.25, 0.3) is 0 Å². The van der Waals surface area contributed by atoms with Gasteiger partial charge in [0.15, 0.2) is 0 Å². The van der Waals surface area contributed by atoms with Gasteiger partial charge < -0.3 is 15.8 Å². The van der Waals surface area contributed by atoms with Crippen molar-refractivity contribution in [2.24, 2.45) is 11.1 Å². The standard InChI is InChI=1S/C13H24N2O2S/c1-18-13(3-2-4-13)10-15-11(16)12(9-14)5-7-17-8-6-12/h2-10,14H2,1H3,(H,15,16). The van der Waals surface area contributed by atoms with Crippen LogP contribution in [0.4, 0.5) is 0 Å². The van der Waals surface area contributed by atoms with Gasteiger partial charge in [0.25, 0.3) is 0 Å². The highest BCUT2D eigenvalue weighted by Gasteiger charge is 2.41. The normalized spacial score (nSPS) is 25.2. The van der Waals surface area contributed by atoms with E-state index in [9.17, 15) is 4.79 Å². The molecule has 5 heteroatoms. The maximum absolute atomic E-state index is 12.4. The Morgan fingerprint density at radius 2 is 2.00 bits per heavy atom. The molecule has 0 atom stereocenters. The summed E-state index contributed by atoms with van der Waals surface area (Å²) in [6.07, 6.45) is 7.36. The Labute approximate surface area is 113 Å². The van der Waals surface area contributed by atoms with E-state index in [0.717, 1.165) is 19.4 Å². The van der Waals surface area contributed by atoms with Gasteiger partial charge in [-0.15, -0.1) is 0 Å². The summed E-state index contributed by atoms with van der Waals surface area (Å²) in [7, 11) is 0. The lowest BCUT2D eigenvalue weighted by Gasteiger charge is -2.42. The van der Waals surface area contributed by atoms with Crippen LogP contribution in [0.15, 0.2) is 0 Å². The Morgan fingerprint density at radius 3 is 2.44 bits per heavy atom. The third-order valence-corrected chi connectivity index (χ3v) is 6.01. The maximum Gasteiger partial charge on any atom is 0.227 e. The predicted molar refractivity (Wildman–Crippen MR) is 74.6 cm³/mol. The molecule has 1 aliphatic carbocycles. The highest BCUT2D eigenvalue weighted by atomic mass is 32.2. The number of amides is 1. The lowest BCUT2D eigenvalue weighted by molar-refractivity contribution is -0.136. The average Bonchev–Trinajstić information content (AvgIpc) is 2.38. The molecule has 2 fully saturated rings. The van der Waals surface area contributed by atoms with Crippen LogP contribution in [0.1, 0.15) is 32.1 Å². The van der Waals surface area contributed by atoms with Gasteiger partial charge in [0.05, 0.1) is 5.41 Å². The van der Waals surface area contributed by atoms with E-state index in [0.29, 0.717) is 19.8 Å². The van der Waals surface area contributed by atoms with Gasteiger partial charge >= 0.3 is 0 Å². The first-order valence-corrected chi connectivity index (χ1v) is 8.00. The minimum atomic E-state index is -0.387. The van der Waals surface area contributed by atoms with E-state index in [1.165, 1.54) is 19.3 Å². The zero-order valence-electron chi connectivity index (χ0n) is 11.2. The van der Waals surface area contributed by atoms with E-state index < -0.39 is 0 Å². The number of hydrogen-bond donors (Lipinski definition) is 2. The second-order valence-electron chi connectivity index (χ2n) is 5.52. The van der Waals surface area contributed by atoms with Crippen molar-refractivity contribution in [3.63, 3.8) is 0 Å². The number of thioether (sulfide) groups is 1. The topological polar surface area (TPSA) is 64.4 Å². The Hall–Kier alpha value is -0.260. The van der Waals surface area contributed by atoms with Gasteiger partial charge in [-0.1, -0.05) is 6.42 Å². The number of nitrogens with one attached hydrogen (secondary N) is 1. The van der Waals surface area contributed by atoms with Crippen LogP contribution in [-0.4, -0.2) is 43.2 Å². The van der Waals surface area contributed by atoms with Crippen molar-refractivity contribution in [1.29, 1.82) is 0 Å². The summed E-state index contributed by atoms with van der Waals surface area (Å²) >= 11 is 1.88. The summed E-state index contributed by atoms with van der Waals surface area (Å²) in [6, 6.07) is 0. The summed E-state index contributed by atoms with van der Waals surface area (Å²) in [5.41, 5.74) is 5.45. The fourth-order valence-electron chi connectivity index (χ4n) is 2.74. The molecule has 18 heavy (non-hydrogen) atoms. The number of rotatable bonds is 5. The molecule has 1 saturated heterocycles. The lowest BCUT2D eigenvalue weighted by atomic mass is 9.78. The summed E-state index contributed by atoms with van der Waals surface area (Å²) in [4.78, 5) is 12.4. The first kappa shape index (κ1) is 14.2. The maximum atomic E-state index is 12.4. The highest BCUT2D eigenvalue weighted by molar-refractivity contribution is 8.00. The third kappa shape index (κ3) is 2.68. The molecule has 1 amide bonds. The van der Waals surface area contributed by atoms with Crippen LogP contribution >= 0.6 is 11.8 Å². The van der Waals surface area contributed by atoms with Gasteiger partial charge in [0.1, 0.15) is 0 Å². The minimum absolute atomic E-state index is 0.133. The molecule has 0 bridgehead atoms. The summed E-state index contributed by atoms with van der Waals surface area (Å²) < 4.78 is 5.62. The van der Waals surface area contributed by atoms with Crippen molar-refractivity contribution in [2.75, 3.05) is 32.6 Å². The van der Waals surface area contributed by atoms with E-state index in [1.807, 2.05) is 11.8 Å². The third-order valence-electron chi connectivity index (χ3n) is 4.59. The van der Waals surface area contributed by atoms with Crippen LogP contribution in [0.3, 0.4) is 0 Å². The smallest absolute Gasteiger partial charge is 0.227 e. The Morgan fingerprint density at radius 1 is 1.33 bits per heavy atom. The number of hydrogen-bond acceptors (Lipinski definition) is 4. The van der Waals surface area contributed by atoms with Crippen molar-refractivity contribution in [2.45, 2.75) is 36.9 Å². The molecule has 3 N–H and O–H groups in total. The van der Waals surface area contributed by atoms with Gasteiger partial charge in [-0.25, -0.2) is 0 Å². The molecule has 1 aliphatic heterocycles. The Balaban J connectivity index is 1.89. The first-order chi connectivity index (χ1) is 8.66. The van der Waals surface area contributed by atoms with Crippen molar-refractivity contribution >= 4 is 17.7 Å². The fraction of sp³-hybridized carbons (Fsp3) is 0.923. The molecule has 104 valence electrons. The number of nitrogens with two attached hydrogens (primary N) is 1. The molecule has 2 rings (SSSR count). The molecular weight excluding hydrogens is 248 g/mol. The monoisotopic (exact) mass is 272 g/mol. The van der Waals surface area contributed by atoms with E-state index in [1.54, 1.807) is 0 Å². The fourth-order valence-corrected chi connectivity index (χ4v) is 3.65. The molecule has 0 unspecified atom stereocenters. The Bertz CT molecular complexity index is 294. The van der Waals surface area contributed by atoms with Crippen LogP contribution in [-0.2, 0) is 9.53 Å². The van der Waals surface area contributed by atoms with Crippen molar-refractivity contribution in [1.82, 2.24) is 5.32 Å². The zero-order valence-corrected chi connectivity index (χ0v) is 12.0. The number of ether oxygens (including phenoxy) is 1. The molecule has 0 aromatic heterocycles. The summed E-state index contributed by atoms with van der Waals surface area (Å²) in [6.45, 7) is 2.51. The quantitative estimate of drug-likeness (QED) is 0.788. The van der Waals surface area contributed by atoms with Crippen LogP contribution < -0.4 is 11.1 Å². The predicted octanol–water partition coefficient (Wildman–Crippen LogP) is 1.14. The van der Waals surface area contributed by atoms with Gasteiger partial charge in [-0.05, 0) is 31.9 Å². The number of carbonyl (C=O) groups excluding carboxylic acids is 1. The molecule has 0 aromatic carbocycles. The first-order valence-electron chi connectivity index (χ1n) is 6.78. The molecule has 0 radical (unpaired) electrons. The lowest BCUT2D eigenvalue weighted by Crippen LogP contribution is -2.53. The Kier molecular flexibility index (Phi) is 4.56. The molecule has 0 spiro atoms. The van der Waals surface area contributed by atoms with Crippen LogP contribution in [0.5, 0.6) is 0 Å². The molecule has 1 heterocycles. The molecule has 0 aromatic rings. The van der Waals surface area contributed by atoms with Crippen molar-refractivity contribution < 1.29 is 9.53 Å². The van der Waals surface area contributed by atoms with E-state index >= 15 is 0 Å². The SMILES string of the molecule is CSC1(CNC(=O)C2(CN)CCOCC2)CCC1. The highest BCUT2D eigenvalue weighted by Crippen LogP contribution is 2.42. The second kappa shape index (κ2) is 5.80. The van der Waals surface area contributed by atoms with Gasteiger partial charge in [0.2, 0.25) is 5.91 Å². The van der Waals surface area contributed by atoms with Gasteiger partial charge in [-0.2, -0.15) is 11.8 Å². The van der Waals surface area contributed by atoms with E-state index in [-0.39, 0.29) is 16.1 Å². The largest absolute Gasteiger partial charge is 0.381 e. The van der Waals surface area contributed by atoms with Crippen LogP contribution in [0.2, 0.25) is 0 Å². The molecule has 2 aliphatic rings. The number of carbonyl (C=O) groups is 1. The molecule has 4 nitrogen and oxygen atoms in total. The summed E-state index contributed by atoms with van der Waals surface area (Å²) in [5.74, 6) is 0.133. The van der Waals surface area contributed by atoms with Crippen LogP contribution in [0, 0.1) is 5.41 Å². The zero-order chi connectivity index (χ0) is 13.1. The van der Waals surface area contributed by atoms with Crippen molar-refractivity contribution in [3.8, 4) is 0 Å². The van der Waals surface area contributed by atoms with Gasteiger partial charge in [0, 0.05) is 31.1 Å². The van der Waals surface area contributed by atoms with E-state index in [2.05, 4.69) is 11.6 Å². The molecule has 1 saturated carbocycles. The van der Waals surface area contributed by atoms with Crippen molar-refractivity contribution in [3.05, 3.63) is 0 Å². The van der Waals surface area contributed by atoms with Gasteiger partial charge in [-0.3, -0.25) is 4.79 Å². The van der Waals surface area contributed by atoms with E-state index in [4.69, 9.17) is 10.5 Å². The average molecular weight is 272 g/mol.